The summed E-state index contributed by atoms with van der Waals surface area (Å²) in [5.74, 6) is -0.392. The highest BCUT2D eigenvalue weighted by molar-refractivity contribution is 5.95. The van der Waals surface area contributed by atoms with Gasteiger partial charge in [-0.1, -0.05) is 72.8 Å². The molecule has 3 aromatic carbocycles. The van der Waals surface area contributed by atoms with Crippen molar-refractivity contribution in [3.05, 3.63) is 114 Å². The normalized spacial score (nSPS) is 13.9. The van der Waals surface area contributed by atoms with E-state index in [1.807, 2.05) is 12.1 Å². The molecule has 37 heavy (non-hydrogen) atoms. The van der Waals surface area contributed by atoms with E-state index in [9.17, 15) is 9.18 Å². The minimum absolute atomic E-state index is 0.0784. The van der Waals surface area contributed by atoms with Gasteiger partial charge in [0, 0.05) is 26.2 Å². The van der Waals surface area contributed by atoms with Crippen molar-refractivity contribution in [2.45, 2.75) is 6.04 Å². The number of amides is 1. The molecule has 0 unspecified atom stereocenters. The number of nitrogens with one attached hydrogen (secondary N) is 2. The summed E-state index contributed by atoms with van der Waals surface area (Å²) in [6.45, 7) is 3.06. The lowest BCUT2D eigenvalue weighted by molar-refractivity contribution is 0.0958. The first-order valence-electron chi connectivity index (χ1n) is 12.1. The summed E-state index contributed by atoms with van der Waals surface area (Å²) in [5, 5.41) is 0. The highest BCUT2D eigenvalue weighted by atomic mass is 19.1. The second-order valence-electron chi connectivity index (χ2n) is 8.77. The highest BCUT2D eigenvalue weighted by Gasteiger charge is 2.28. The van der Waals surface area contributed by atoms with Gasteiger partial charge in [-0.2, -0.15) is 0 Å². The van der Waals surface area contributed by atoms with E-state index in [2.05, 4.69) is 79.2 Å². The SMILES string of the molecule is Nc1c(NNC(=O)c2ccccc2F)ncnc1N1CCN(C(c2ccccc2)c2ccccc2)CC1. The topological polar surface area (TPSA) is 99.4 Å². The van der Waals surface area contributed by atoms with Gasteiger partial charge in [0.05, 0.1) is 11.6 Å². The largest absolute Gasteiger partial charge is 0.393 e. The summed E-state index contributed by atoms with van der Waals surface area (Å²) < 4.78 is 13.9. The van der Waals surface area contributed by atoms with Gasteiger partial charge in [0.25, 0.3) is 5.91 Å². The number of hydrogen-bond donors (Lipinski definition) is 3. The highest BCUT2D eigenvalue weighted by Crippen LogP contribution is 2.32. The zero-order valence-electron chi connectivity index (χ0n) is 20.2. The minimum Gasteiger partial charge on any atom is -0.393 e. The molecule has 9 heteroatoms. The first kappa shape index (κ1) is 24.2. The number of anilines is 3. The Morgan fingerprint density at radius 1 is 0.838 bits per heavy atom. The fourth-order valence-corrected chi connectivity index (χ4v) is 4.64. The molecule has 0 bridgehead atoms. The Morgan fingerprint density at radius 3 is 2.05 bits per heavy atom. The number of carbonyl (C=O) groups excluding carboxylic acids is 1. The number of hydrazine groups is 1. The van der Waals surface area contributed by atoms with Crippen LogP contribution in [0, 0.1) is 5.82 Å². The van der Waals surface area contributed by atoms with Crippen LogP contribution in [0.25, 0.3) is 0 Å². The lowest BCUT2D eigenvalue weighted by Gasteiger charge is -2.40. The lowest BCUT2D eigenvalue weighted by atomic mass is 9.96. The molecule has 0 atom stereocenters. The molecule has 188 valence electrons. The third-order valence-corrected chi connectivity index (χ3v) is 6.49. The molecule has 0 radical (unpaired) electrons. The molecular formula is C28H28FN7O. The number of nitrogen functional groups attached to an aromatic ring is 1. The predicted octanol–water partition coefficient (Wildman–Crippen LogP) is 3.87. The molecule has 1 amide bonds. The quantitative estimate of drug-likeness (QED) is 0.334. The van der Waals surface area contributed by atoms with E-state index in [-0.39, 0.29) is 17.4 Å². The van der Waals surface area contributed by atoms with Gasteiger partial charge in [0.15, 0.2) is 11.6 Å². The average Bonchev–Trinajstić information content (AvgIpc) is 2.94. The molecule has 4 N–H and O–H groups in total. The van der Waals surface area contributed by atoms with Crippen molar-refractivity contribution in [3.63, 3.8) is 0 Å². The van der Waals surface area contributed by atoms with Gasteiger partial charge < -0.3 is 10.6 Å². The van der Waals surface area contributed by atoms with Crippen molar-refractivity contribution < 1.29 is 9.18 Å². The molecule has 2 heterocycles. The van der Waals surface area contributed by atoms with E-state index < -0.39 is 11.7 Å². The molecule has 1 fully saturated rings. The van der Waals surface area contributed by atoms with Crippen LogP contribution in [0.1, 0.15) is 27.5 Å². The average molecular weight is 498 g/mol. The van der Waals surface area contributed by atoms with E-state index in [0.717, 1.165) is 26.2 Å². The zero-order chi connectivity index (χ0) is 25.6. The maximum Gasteiger partial charge on any atom is 0.272 e. The molecule has 0 aliphatic carbocycles. The van der Waals surface area contributed by atoms with Crippen LogP contribution in [0.2, 0.25) is 0 Å². The van der Waals surface area contributed by atoms with Crippen molar-refractivity contribution in [2.24, 2.45) is 0 Å². The van der Waals surface area contributed by atoms with Gasteiger partial charge in [-0.3, -0.25) is 20.5 Å². The number of hydrogen-bond acceptors (Lipinski definition) is 7. The van der Waals surface area contributed by atoms with Gasteiger partial charge in [0.2, 0.25) is 0 Å². The van der Waals surface area contributed by atoms with E-state index in [1.54, 1.807) is 6.07 Å². The molecule has 1 aliphatic heterocycles. The summed E-state index contributed by atoms with van der Waals surface area (Å²) in [6.07, 6.45) is 1.40. The predicted molar refractivity (Wildman–Crippen MR) is 142 cm³/mol. The van der Waals surface area contributed by atoms with Crippen LogP contribution in [0.3, 0.4) is 0 Å². The van der Waals surface area contributed by atoms with Crippen molar-refractivity contribution in [1.29, 1.82) is 0 Å². The second-order valence-corrected chi connectivity index (χ2v) is 8.77. The Balaban J connectivity index is 1.28. The molecule has 5 rings (SSSR count). The smallest absolute Gasteiger partial charge is 0.272 e. The molecule has 4 aromatic rings. The Labute approximate surface area is 214 Å². The van der Waals surface area contributed by atoms with Gasteiger partial charge >= 0.3 is 0 Å². The van der Waals surface area contributed by atoms with Crippen LogP contribution < -0.4 is 21.5 Å². The Bertz CT molecular complexity index is 1310. The zero-order valence-corrected chi connectivity index (χ0v) is 20.2. The van der Waals surface area contributed by atoms with Crippen molar-refractivity contribution in [1.82, 2.24) is 20.3 Å². The minimum atomic E-state index is -0.626. The summed E-state index contributed by atoms with van der Waals surface area (Å²) in [5.41, 5.74) is 14.3. The number of carbonyl (C=O) groups is 1. The fraction of sp³-hybridized carbons (Fsp3) is 0.179. The molecule has 1 saturated heterocycles. The number of aromatic nitrogens is 2. The van der Waals surface area contributed by atoms with Crippen LogP contribution in [0.4, 0.5) is 21.7 Å². The van der Waals surface area contributed by atoms with Crippen LogP contribution in [0.5, 0.6) is 0 Å². The van der Waals surface area contributed by atoms with Gasteiger partial charge in [-0.05, 0) is 23.3 Å². The van der Waals surface area contributed by atoms with Crippen LogP contribution >= 0.6 is 0 Å². The number of piperazine rings is 1. The van der Waals surface area contributed by atoms with Crippen molar-refractivity contribution in [2.75, 3.05) is 42.2 Å². The van der Waals surface area contributed by atoms with Crippen molar-refractivity contribution >= 4 is 23.2 Å². The lowest BCUT2D eigenvalue weighted by Crippen LogP contribution is -2.48. The van der Waals surface area contributed by atoms with Crippen LogP contribution in [-0.2, 0) is 0 Å². The Kier molecular flexibility index (Phi) is 7.23. The Hall–Kier alpha value is -4.50. The maximum absolute atomic E-state index is 13.9. The monoisotopic (exact) mass is 497 g/mol. The molecule has 8 nitrogen and oxygen atoms in total. The van der Waals surface area contributed by atoms with Gasteiger partial charge in [-0.15, -0.1) is 0 Å². The summed E-state index contributed by atoms with van der Waals surface area (Å²) >= 11 is 0. The number of nitrogens with zero attached hydrogens (tertiary/aromatic N) is 4. The Morgan fingerprint density at radius 2 is 1.43 bits per heavy atom. The number of halogens is 1. The van der Waals surface area contributed by atoms with Crippen molar-refractivity contribution in [3.8, 4) is 0 Å². The first-order valence-corrected chi connectivity index (χ1v) is 12.1. The van der Waals surface area contributed by atoms with Crippen LogP contribution in [-0.4, -0.2) is 47.0 Å². The first-order chi connectivity index (χ1) is 18.1. The summed E-state index contributed by atoms with van der Waals surface area (Å²) in [6, 6.07) is 26.9. The summed E-state index contributed by atoms with van der Waals surface area (Å²) in [4.78, 5) is 25.5. The van der Waals surface area contributed by atoms with Gasteiger partial charge in [-0.25, -0.2) is 14.4 Å². The number of nitrogens with two attached hydrogens (primary N) is 1. The van der Waals surface area contributed by atoms with E-state index >= 15 is 0 Å². The number of benzene rings is 3. The molecule has 0 saturated carbocycles. The molecule has 1 aliphatic rings. The maximum atomic E-state index is 13.9. The van der Waals surface area contributed by atoms with E-state index in [0.29, 0.717) is 11.5 Å². The fourth-order valence-electron chi connectivity index (χ4n) is 4.64. The van der Waals surface area contributed by atoms with Crippen LogP contribution in [0.15, 0.2) is 91.3 Å². The molecule has 0 spiro atoms. The summed E-state index contributed by atoms with van der Waals surface area (Å²) in [7, 11) is 0. The van der Waals surface area contributed by atoms with Gasteiger partial charge in [0.1, 0.15) is 17.8 Å². The number of rotatable bonds is 7. The second kappa shape index (κ2) is 11.0. The van der Waals surface area contributed by atoms with E-state index in [4.69, 9.17) is 5.73 Å². The third-order valence-electron chi connectivity index (χ3n) is 6.49. The van der Waals surface area contributed by atoms with E-state index in [1.165, 1.54) is 35.7 Å². The third kappa shape index (κ3) is 5.36. The molecular weight excluding hydrogens is 469 g/mol. The molecule has 1 aromatic heterocycles. The standard InChI is InChI=1S/C28H28FN7O/c29-23-14-8-7-13-22(23)28(37)34-33-26-24(30)27(32-19-31-26)36-17-15-35(16-18-36)25(20-9-3-1-4-10-20)21-11-5-2-6-12-21/h1-14,19,25H,15-18,30H2,(H,34,37)(H,31,32,33).